The van der Waals surface area contributed by atoms with E-state index in [1.165, 1.54) is 11.8 Å². The molecule has 0 aliphatic rings. The number of tetrazole rings is 1. The largest absolute Gasteiger partial charge is 0.344 e. The minimum atomic E-state index is -0.320. The van der Waals surface area contributed by atoms with E-state index in [1.54, 1.807) is 11.7 Å². The van der Waals surface area contributed by atoms with Crippen LogP contribution in [0.4, 0.5) is 0 Å². The highest BCUT2D eigenvalue weighted by Crippen LogP contribution is 2.24. The van der Waals surface area contributed by atoms with Crippen molar-refractivity contribution in [2.45, 2.75) is 23.4 Å². The molecule has 1 atom stereocenters. The van der Waals surface area contributed by atoms with Gasteiger partial charge in [0, 0.05) is 7.05 Å². The SMILES string of the molecule is CC(Sc1nnnn1C)C(=O)NC(c1ccccc1)c1ccccc1. The van der Waals surface area contributed by atoms with E-state index in [1.807, 2.05) is 67.6 Å². The summed E-state index contributed by atoms with van der Waals surface area (Å²) in [6, 6.07) is 19.7. The standard InChI is InChI=1S/C18H19N5OS/c1-13(25-18-20-21-22-23(18)2)17(24)19-16(14-9-5-3-6-10-14)15-11-7-4-8-12-15/h3-13,16H,1-2H3,(H,19,24). The Bertz CT molecular complexity index is 782. The van der Waals surface area contributed by atoms with Gasteiger partial charge in [0.2, 0.25) is 11.1 Å². The third-order valence-electron chi connectivity index (χ3n) is 3.79. The van der Waals surface area contributed by atoms with Crippen molar-refractivity contribution in [3.63, 3.8) is 0 Å². The Morgan fingerprint density at radius 3 is 2.08 bits per heavy atom. The fourth-order valence-corrected chi connectivity index (χ4v) is 3.21. The van der Waals surface area contributed by atoms with Gasteiger partial charge in [-0.05, 0) is 28.5 Å². The summed E-state index contributed by atoms with van der Waals surface area (Å²) in [7, 11) is 1.75. The molecule has 7 heteroatoms. The van der Waals surface area contributed by atoms with Crippen LogP contribution in [0.15, 0.2) is 65.8 Å². The highest BCUT2D eigenvalue weighted by atomic mass is 32.2. The van der Waals surface area contributed by atoms with Crippen molar-refractivity contribution in [2.75, 3.05) is 0 Å². The lowest BCUT2D eigenvalue weighted by Gasteiger charge is -2.21. The predicted molar refractivity (Wildman–Crippen MR) is 97.0 cm³/mol. The zero-order chi connectivity index (χ0) is 17.6. The van der Waals surface area contributed by atoms with Crippen LogP contribution in [-0.4, -0.2) is 31.4 Å². The molecule has 1 heterocycles. The van der Waals surface area contributed by atoms with Crippen molar-refractivity contribution in [2.24, 2.45) is 7.05 Å². The second-order valence-corrected chi connectivity index (χ2v) is 6.92. The van der Waals surface area contributed by atoms with Gasteiger partial charge in [-0.2, -0.15) is 0 Å². The topological polar surface area (TPSA) is 72.7 Å². The van der Waals surface area contributed by atoms with E-state index in [-0.39, 0.29) is 17.2 Å². The summed E-state index contributed by atoms with van der Waals surface area (Å²) in [6.45, 7) is 1.85. The summed E-state index contributed by atoms with van der Waals surface area (Å²) in [6.07, 6.45) is 0. The molecule has 1 N–H and O–H groups in total. The average Bonchev–Trinajstić information content (AvgIpc) is 3.05. The summed E-state index contributed by atoms with van der Waals surface area (Å²) < 4.78 is 1.56. The first-order valence-electron chi connectivity index (χ1n) is 7.94. The van der Waals surface area contributed by atoms with Gasteiger partial charge in [0.25, 0.3) is 0 Å². The number of hydrogen-bond acceptors (Lipinski definition) is 5. The maximum Gasteiger partial charge on any atom is 0.234 e. The first-order valence-corrected chi connectivity index (χ1v) is 8.82. The molecule has 0 saturated carbocycles. The normalized spacial score (nSPS) is 12.1. The molecule has 1 aromatic heterocycles. The summed E-state index contributed by atoms with van der Waals surface area (Å²) in [5.74, 6) is -0.0642. The lowest BCUT2D eigenvalue weighted by atomic mass is 9.98. The number of rotatable bonds is 6. The van der Waals surface area contributed by atoms with Crippen LogP contribution in [-0.2, 0) is 11.8 Å². The number of carbonyl (C=O) groups is 1. The number of amides is 1. The second-order valence-electron chi connectivity index (χ2n) is 5.61. The van der Waals surface area contributed by atoms with Crippen LogP contribution in [0.2, 0.25) is 0 Å². The zero-order valence-corrected chi connectivity index (χ0v) is 14.9. The van der Waals surface area contributed by atoms with Crippen LogP contribution in [0.3, 0.4) is 0 Å². The number of benzene rings is 2. The third-order valence-corrected chi connectivity index (χ3v) is 4.91. The Morgan fingerprint density at radius 1 is 1.04 bits per heavy atom. The van der Waals surface area contributed by atoms with Crippen molar-refractivity contribution in [1.82, 2.24) is 25.5 Å². The highest BCUT2D eigenvalue weighted by molar-refractivity contribution is 8.00. The van der Waals surface area contributed by atoms with Crippen molar-refractivity contribution in [3.8, 4) is 0 Å². The van der Waals surface area contributed by atoms with Crippen molar-refractivity contribution < 1.29 is 4.79 Å². The van der Waals surface area contributed by atoms with E-state index in [2.05, 4.69) is 20.8 Å². The minimum absolute atomic E-state index is 0.0642. The van der Waals surface area contributed by atoms with Gasteiger partial charge < -0.3 is 5.32 Å². The van der Waals surface area contributed by atoms with Gasteiger partial charge in [0.1, 0.15) is 0 Å². The van der Waals surface area contributed by atoms with Crippen LogP contribution >= 0.6 is 11.8 Å². The Hall–Kier alpha value is -2.67. The summed E-state index contributed by atoms with van der Waals surface area (Å²) >= 11 is 1.33. The number of carbonyl (C=O) groups excluding carboxylic acids is 1. The fourth-order valence-electron chi connectivity index (χ4n) is 2.44. The smallest absolute Gasteiger partial charge is 0.234 e. The molecule has 0 aliphatic carbocycles. The number of aryl methyl sites for hydroxylation is 1. The lowest BCUT2D eigenvalue weighted by Crippen LogP contribution is -2.35. The van der Waals surface area contributed by atoms with Gasteiger partial charge in [0.15, 0.2) is 0 Å². The Labute approximate surface area is 150 Å². The molecule has 128 valence electrons. The number of hydrogen-bond donors (Lipinski definition) is 1. The van der Waals surface area contributed by atoms with Crippen LogP contribution in [0.5, 0.6) is 0 Å². The van der Waals surface area contributed by atoms with E-state index in [4.69, 9.17) is 0 Å². The quantitative estimate of drug-likeness (QED) is 0.690. The summed E-state index contributed by atoms with van der Waals surface area (Å²) in [5, 5.41) is 14.7. The molecular formula is C18H19N5OS. The third kappa shape index (κ3) is 4.24. The van der Waals surface area contributed by atoms with Crippen LogP contribution < -0.4 is 5.32 Å². The Kier molecular flexibility index (Phi) is 5.45. The number of aromatic nitrogens is 4. The second kappa shape index (κ2) is 7.94. The molecule has 0 spiro atoms. The Balaban J connectivity index is 1.78. The molecule has 0 saturated heterocycles. The number of nitrogens with zero attached hydrogens (tertiary/aromatic N) is 4. The van der Waals surface area contributed by atoms with E-state index in [0.717, 1.165) is 11.1 Å². The number of thioether (sulfide) groups is 1. The first kappa shape index (κ1) is 17.2. The molecule has 0 bridgehead atoms. The van der Waals surface area contributed by atoms with Crippen molar-refractivity contribution in [3.05, 3.63) is 71.8 Å². The molecule has 25 heavy (non-hydrogen) atoms. The molecule has 2 aromatic carbocycles. The monoisotopic (exact) mass is 353 g/mol. The molecule has 3 aromatic rings. The van der Waals surface area contributed by atoms with Gasteiger partial charge in [-0.3, -0.25) is 4.79 Å². The van der Waals surface area contributed by atoms with Gasteiger partial charge in [0.05, 0.1) is 11.3 Å². The van der Waals surface area contributed by atoms with Gasteiger partial charge in [-0.15, -0.1) is 5.10 Å². The predicted octanol–water partition coefficient (Wildman–Crippen LogP) is 2.60. The van der Waals surface area contributed by atoms with Crippen molar-refractivity contribution in [1.29, 1.82) is 0 Å². The van der Waals surface area contributed by atoms with Crippen LogP contribution in [0.1, 0.15) is 24.1 Å². The zero-order valence-electron chi connectivity index (χ0n) is 14.0. The van der Waals surface area contributed by atoms with Crippen LogP contribution in [0, 0.1) is 0 Å². The first-order chi connectivity index (χ1) is 12.1. The molecule has 1 amide bonds. The number of nitrogens with one attached hydrogen (secondary N) is 1. The molecule has 0 aliphatic heterocycles. The van der Waals surface area contributed by atoms with E-state index < -0.39 is 0 Å². The van der Waals surface area contributed by atoms with Gasteiger partial charge in [-0.25, -0.2) is 4.68 Å². The van der Waals surface area contributed by atoms with Gasteiger partial charge in [-0.1, -0.05) is 72.4 Å². The molecular weight excluding hydrogens is 334 g/mol. The maximum absolute atomic E-state index is 12.7. The average molecular weight is 353 g/mol. The van der Waals surface area contributed by atoms with Gasteiger partial charge >= 0.3 is 0 Å². The highest BCUT2D eigenvalue weighted by Gasteiger charge is 2.22. The lowest BCUT2D eigenvalue weighted by molar-refractivity contribution is -0.120. The van der Waals surface area contributed by atoms with Crippen LogP contribution in [0.25, 0.3) is 0 Å². The summed E-state index contributed by atoms with van der Waals surface area (Å²) in [4.78, 5) is 12.7. The Morgan fingerprint density at radius 2 is 1.60 bits per heavy atom. The molecule has 1 unspecified atom stereocenters. The van der Waals surface area contributed by atoms with E-state index in [9.17, 15) is 4.79 Å². The van der Waals surface area contributed by atoms with E-state index >= 15 is 0 Å². The molecule has 0 fully saturated rings. The maximum atomic E-state index is 12.7. The fraction of sp³-hybridized carbons (Fsp3) is 0.222. The van der Waals surface area contributed by atoms with E-state index in [0.29, 0.717) is 5.16 Å². The minimum Gasteiger partial charge on any atom is -0.344 e. The molecule has 3 rings (SSSR count). The van der Waals surface area contributed by atoms with Crippen molar-refractivity contribution >= 4 is 17.7 Å². The molecule has 0 radical (unpaired) electrons. The molecule has 6 nitrogen and oxygen atoms in total. The summed E-state index contributed by atoms with van der Waals surface area (Å²) in [5.41, 5.74) is 2.08.